The first-order chi connectivity index (χ1) is 10.6. The molecule has 1 aromatic heterocycles. The van der Waals surface area contributed by atoms with E-state index < -0.39 is 12.0 Å². The number of thiophene rings is 1. The molecule has 2 heterocycles. The lowest BCUT2D eigenvalue weighted by Gasteiger charge is -2.24. The number of aliphatic carboxylic acids is 1. The topological polar surface area (TPSA) is 57.6 Å². The van der Waals surface area contributed by atoms with Crippen LogP contribution in [0.3, 0.4) is 0 Å². The third-order valence-corrected chi connectivity index (χ3v) is 6.00. The third-order valence-electron chi connectivity index (χ3n) is 5.10. The molecule has 2 fully saturated rings. The van der Waals surface area contributed by atoms with Crippen molar-refractivity contribution in [3.63, 3.8) is 0 Å². The highest BCUT2D eigenvalue weighted by Crippen LogP contribution is 2.42. The highest BCUT2D eigenvalue weighted by molar-refractivity contribution is 7.17. The molecule has 1 N–H and O–H groups in total. The standard InChI is InChI=1S/C17H17NO3S/c19-16(11-4-5-14-10(8-11)6-7-22-14)18-9-12-2-1-3-13(12)15(18)17(20)21/h4-8,12-13,15H,1-3,9H2,(H,20,21). The minimum Gasteiger partial charge on any atom is -0.480 e. The molecule has 1 aliphatic heterocycles. The van der Waals surface area contributed by atoms with Crippen molar-refractivity contribution in [1.29, 1.82) is 0 Å². The first kappa shape index (κ1) is 13.8. The number of hydrogen-bond donors (Lipinski definition) is 1. The van der Waals surface area contributed by atoms with Crippen molar-refractivity contribution in [3.8, 4) is 0 Å². The van der Waals surface area contributed by atoms with Gasteiger partial charge in [0.25, 0.3) is 5.91 Å². The van der Waals surface area contributed by atoms with Crippen molar-refractivity contribution < 1.29 is 14.7 Å². The van der Waals surface area contributed by atoms with Gasteiger partial charge in [-0.2, -0.15) is 0 Å². The second-order valence-corrected chi connectivity index (χ2v) is 7.22. The Morgan fingerprint density at radius 3 is 2.91 bits per heavy atom. The van der Waals surface area contributed by atoms with E-state index in [9.17, 15) is 14.7 Å². The Hall–Kier alpha value is -1.88. The molecule has 5 heteroatoms. The summed E-state index contributed by atoms with van der Waals surface area (Å²) >= 11 is 1.64. The first-order valence-corrected chi connectivity index (χ1v) is 8.54. The smallest absolute Gasteiger partial charge is 0.326 e. The summed E-state index contributed by atoms with van der Waals surface area (Å²) in [6, 6.07) is 6.97. The lowest BCUT2D eigenvalue weighted by atomic mass is 9.94. The van der Waals surface area contributed by atoms with Gasteiger partial charge >= 0.3 is 5.97 Å². The van der Waals surface area contributed by atoms with E-state index in [0.29, 0.717) is 18.0 Å². The summed E-state index contributed by atoms with van der Waals surface area (Å²) in [6.45, 7) is 0.585. The average molecular weight is 315 g/mol. The predicted octanol–water partition coefficient (Wildman–Crippen LogP) is 3.23. The fraction of sp³-hybridized carbons (Fsp3) is 0.412. The number of carbonyl (C=O) groups excluding carboxylic acids is 1. The Morgan fingerprint density at radius 1 is 1.23 bits per heavy atom. The molecule has 22 heavy (non-hydrogen) atoms. The average Bonchev–Trinajstić information content (AvgIpc) is 3.19. The van der Waals surface area contributed by atoms with Gasteiger partial charge in [-0.05, 0) is 59.7 Å². The van der Waals surface area contributed by atoms with Crippen LogP contribution in [0.15, 0.2) is 29.6 Å². The molecular weight excluding hydrogens is 298 g/mol. The van der Waals surface area contributed by atoms with Crippen molar-refractivity contribution >= 4 is 33.3 Å². The van der Waals surface area contributed by atoms with Crippen molar-refractivity contribution in [2.24, 2.45) is 11.8 Å². The maximum Gasteiger partial charge on any atom is 0.326 e. The zero-order valence-electron chi connectivity index (χ0n) is 12.1. The fourth-order valence-corrected chi connectivity index (χ4v) is 4.87. The second-order valence-electron chi connectivity index (χ2n) is 6.27. The Morgan fingerprint density at radius 2 is 2.09 bits per heavy atom. The molecule has 0 radical (unpaired) electrons. The first-order valence-electron chi connectivity index (χ1n) is 7.66. The van der Waals surface area contributed by atoms with Gasteiger partial charge in [0.05, 0.1) is 0 Å². The van der Waals surface area contributed by atoms with Gasteiger partial charge in [-0.15, -0.1) is 11.3 Å². The van der Waals surface area contributed by atoms with Crippen LogP contribution < -0.4 is 0 Å². The zero-order valence-corrected chi connectivity index (χ0v) is 12.9. The molecule has 1 aliphatic carbocycles. The molecule has 1 saturated heterocycles. The van der Waals surface area contributed by atoms with Gasteiger partial charge in [-0.1, -0.05) is 6.42 Å². The van der Waals surface area contributed by atoms with Crippen LogP contribution in [0.4, 0.5) is 0 Å². The Balaban J connectivity index is 1.67. The van der Waals surface area contributed by atoms with Gasteiger partial charge in [0, 0.05) is 16.8 Å². The number of amides is 1. The van der Waals surface area contributed by atoms with Gasteiger partial charge in [-0.25, -0.2) is 4.79 Å². The van der Waals surface area contributed by atoms with Gasteiger partial charge in [-0.3, -0.25) is 4.79 Å². The van der Waals surface area contributed by atoms with Crippen LogP contribution in [-0.4, -0.2) is 34.5 Å². The summed E-state index contributed by atoms with van der Waals surface area (Å²) in [5, 5.41) is 12.6. The highest BCUT2D eigenvalue weighted by Gasteiger charge is 2.49. The van der Waals surface area contributed by atoms with Crippen molar-refractivity contribution in [1.82, 2.24) is 4.90 Å². The van der Waals surface area contributed by atoms with E-state index in [1.165, 1.54) is 0 Å². The lowest BCUT2D eigenvalue weighted by Crippen LogP contribution is -2.43. The van der Waals surface area contributed by atoms with Crippen molar-refractivity contribution in [2.75, 3.05) is 6.54 Å². The minimum atomic E-state index is -0.862. The summed E-state index contributed by atoms with van der Waals surface area (Å²) < 4.78 is 1.14. The lowest BCUT2D eigenvalue weighted by molar-refractivity contribution is -0.142. The summed E-state index contributed by atoms with van der Waals surface area (Å²) in [5.41, 5.74) is 0.595. The summed E-state index contributed by atoms with van der Waals surface area (Å²) in [4.78, 5) is 26.1. The van der Waals surface area contributed by atoms with E-state index in [0.717, 1.165) is 29.3 Å². The summed E-state index contributed by atoms with van der Waals surface area (Å²) in [5.74, 6) is -0.518. The van der Waals surface area contributed by atoms with E-state index >= 15 is 0 Å². The quantitative estimate of drug-likeness (QED) is 0.925. The van der Waals surface area contributed by atoms with Crippen molar-refractivity contribution in [3.05, 3.63) is 35.2 Å². The van der Waals surface area contributed by atoms with E-state index in [2.05, 4.69) is 0 Å². The minimum absolute atomic E-state index is 0.131. The van der Waals surface area contributed by atoms with Crippen LogP contribution in [0, 0.1) is 11.8 Å². The molecule has 1 aromatic carbocycles. The zero-order chi connectivity index (χ0) is 15.3. The van der Waals surface area contributed by atoms with E-state index in [-0.39, 0.29) is 11.8 Å². The number of rotatable bonds is 2. The predicted molar refractivity (Wildman–Crippen MR) is 85.1 cm³/mol. The molecule has 3 unspecified atom stereocenters. The van der Waals surface area contributed by atoms with Crippen LogP contribution >= 0.6 is 11.3 Å². The molecule has 0 spiro atoms. The van der Waals surface area contributed by atoms with Gasteiger partial charge < -0.3 is 10.0 Å². The fourth-order valence-electron chi connectivity index (χ4n) is 4.10. The number of nitrogens with zero attached hydrogens (tertiary/aromatic N) is 1. The van der Waals surface area contributed by atoms with Crippen LogP contribution in [-0.2, 0) is 4.79 Å². The summed E-state index contributed by atoms with van der Waals surface area (Å²) in [6.07, 6.45) is 3.05. The molecule has 4 rings (SSSR count). The van der Waals surface area contributed by atoms with Crippen LogP contribution in [0.1, 0.15) is 29.6 Å². The number of benzene rings is 1. The molecule has 114 valence electrons. The molecule has 3 atom stereocenters. The SMILES string of the molecule is O=C(O)C1C2CCCC2CN1C(=O)c1ccc2sccc2c1. The Labute approximate surface area is 132 Å². The Bertz CT molecular complexity index is 753. The van der Waals surface area contributed by atoms with Gasteiger partial charge in [0.15, 0.2) is 0 Å². The molecule has 4 nitrogen and oxygen atoms in total. The van der Waals surface area contributed by atoms with E-state index in [4.69, 9.17) is 0 Å². The largest absolute Gasteiger partial charge is 0.480 e. The maximum absolute atomic E-state index is 12.8. The van der Waals surface area contributed by atoms with Gasteiger partial charge in [0.2, 0.25) is 0 Å². The Kier molecular flexibility index (Phi) is 3.18. The molecule has 2 aromatic rings. The maximum atomic E-state index is 12.8. The number of hydrogen-bond acceptors (Lipinski definition) is 3. The number of fused-ring (bicyclic) bond motifs is 2. The van der Waals surface area contributed by atoms with E-state index in [1.54, 1.807) is 16.2 Å². The molecular formula is C17H17NO3S. The van der Waals surface area contributed by atoms with Crippen LogP contribution in [0.25, 0.3) is 10.1 Å². The normalized spacial score (nSPS) is 27.3. The molecule has 1 saturated carbocycles. The van der Waals surface area contributed by atoms with Crippen LogP contribution in [0.5, 0.6) is 0 Å². The summed E-state index contributed by atoms with van der Waals surface area (Å²) in [7, 11) is 0. The monoisotopic (exact) mass is 315 g/mol. The van der Waals surface area contributed by atoms with Crippen molar-refractivity contribution in [2.45, 2.75) is 25.3 Å². The van der Waals surface area contributed by atoms with Crippen LogP contribution in [0.2, 0.25) is 0 Å². The molecule has 0 bridgehead atoms. The second kappa shape index (κ2) is 5.09. The highest BCUT2D eigenvalue weighted by atomic mass is 32.1. The number of carboxylic acid groups (broad SMARTS) is 1. The number of carbonyl (C=O) groups is 2. The number of carboxylic acids is 1. The van der Waals surface area contributed by atoms with E-state index in [1.807, 2.05) is 29.6 Å². The number of likely N-dealkylation sites (tertiary alicyclic amines) is 1. The molecule has 1 amide bonds. The molecule has 2 aliphatic rings. The third kappa shape index (κ3) is 2.03. The van der Waals surface area contributed by atoms with Gasteiger partial charge in [0.1, 0.15) is 6.04 Å².